The van der Waals surface area contributed by atoms with Crippen LogP contribution in [0.1, 0.15) is 43.9 Å². The van der Waals surface area contributed by atoms with Crippen molar-refractivity contribution in [1.29, 1.82) is 0 Å². The average Bonchev–Trinajstić information content (AvgIpc) is 3.21. The summed E-state index contributed by atoms with van der Waals surface area (Å²) >= 11 is 0. The quantitative estimate of drug-likeness (QED) is 0.387. The minimum Gasteiger partial charge on any atom is -0.492 e. The second-order valence-electron chi connectivity index (χ2n) is 7.16. The normalized spacial score (nSPS) is 11.7. The van der Waals surface area contributed by atoms with E-state index in [0.29, 0.717) is 11.4 Å². The van der Waals surface area contributed by atoms with E-state index in [0.717, 1.165) is 0 Å². The van der Waals surface area contributed by atoms with Crippen LogP contribution in [-0.2, 0) is 5.41 Å². The number of H-pyrrole nitrogens is 1. The number of para-hydroxylation sites is 1. The molecule has 0 radical (unpaired) electrons. The summed E-state index contributed by atoms with van der Waals surface area (Å²) in [6.07, 6.45) is 0. The van der Waals surface area contributed by atoms with Crippen LogP contribution in [0.25, 0.3) is 10.5 Å². The highest BCUT2D eigenvalue weighted by molar-refractivity contribution is 5.98. The Labute approximate surface area is 161 Å². The SMILES string of the molecule is [C-]#[N+]c1c(C(C)(C)C)n[nH]c1/N=N/c1c(C(C)=O)nn(-c2ccccc2)c1O. The van der Waals surface area contributed by atoms with Gasteiger partial charge in [-0.1, -0.05) is 39.0 Å². The molecule has 28 heavy (non-hydrogen) atoms. The lowest BCUT2D eigenvalue weighted by Crippen LogP contribution is -2.11. The van der Waals surface area contributed by atoms with Crippen molar-refractivity contribution in [2.45, 2.75) is 33.1 Å². The van der Waals surface area contributed by atoms with Gasteiger partial charge in [0.2, 0.25) is 5.88 Å². The molecule has 0 amide bonds. The molecule has 2 heterocycles. The first-order valence-electron chi connectivity index (χ1n) is 8.50. The fraction of sp³-hybridized carbons (Fsp3) is 0.263. The molecule has 0 spiro atoms. The minimum atomic E-state index is -0.371. The van der Waals surface area contributed by atoms with Crippen molar-refractivity contribution in [3.8, 4) is 11.6 Å². The average molecular weight is 377 g/mol. The molecule has 0 aliphatic carbocycles. The van der Waals surface area contributed by atoms with Crippen molar-refractivity contribution >= 4 is 23.0 Å². The fourth-order valence-corrected chi connectivity index (χ4v) is 2.60. The topological polar surface area (TPSA) is 113 Å². The Kier molecular flexibility index (Phi) is 4.79. The van der Waals surface area contributed by atoms with E-state index >= 15 is 0 Å². The molecule has 3 rings (SSSR count). The summed E-state index contributed by atoms with van der Waals surface area (Å²) in [5.41, 5.74) is 0.934. The zero-order valence-corrected chi connectivity index (χ0v) is 15.9. The van der Waals surface area contributed by atoms with Crippen LogP contribution in [0.5, 0.6) is 5.88 Å². The third-order valence-electron chi connectivity index (χ3n) is 3.97. The van der Waals surface area contributed by atoms with Gasteiger partial charge in [0.1, 0.15) is 0 Å². The maximum atomic E-state index is 12.0. The molecule has 2 aromatic heterocycles. The Morgan fingerprint density at radius 1 is 1.25 bits per heavy atom. The van der Waals surface area contributed by atoms with Gasteiger partial charge in [0, 0.05) is 6.92 Å². The zero-order valence-electron chi connectivity index (χ0n) is 15.9. The molecular formula is C19H19N7O2. The molecule has 142 valence electrons. The second kappa shape index (κ2) is 7.08. The van der Waals surface area contributed by atoms with E-state index in [9.17, 15) is 9.90 Å². The summed E-state index contributed by atoms with van der Waals surface area (Å²) in [6.45, 7) is 14.5. The van der Waals surface area contributed by atoms with E-state index in [1.807, 2.05) is 26.8 Å². The number of carbonyl (C=O) groups is 1. The van der Waals surface area contributed by atoms with Crippen molar-refractivity contribution in [2.24, 2.45) is 10.2 Å². The van der Waals surface area contributed by atoms with Crippen LogP contribution in [0.4, 0.5) is 17.2 Å². The summed E-state index contributed by atoms with van der Waals surface area (Å²) in [5.74, 6) is -0.536. The van der Waals surface area contributed by atoms with E-state index in [1.54, 1.807) is 24.3 Å². The van der Waals surface area contributed by atoms with Gasteiger partial charge in [-0.15, -0.1) is 10.2 Å². The first-order valence-corrected chi connectivity index (χ1v) is 8.50. The van der Waals surface area contributed by atoms with Crippen molar-refractivity contribution < 1.29 is 9.90 Å². The number of azo groups is 1. The molecule has 0 unspecified atom stereocenters. The van der Waals surface area contributed by atoms with Crippen LogP contribution in [0.3, 0.4) is 0 Å². The Balaban J connectivity index is 2.08. The van der Waals surface area contributed by atoms with Gasteiger partial charge in [0.25, 0.3) is 5.69 Å². The van der Waals surface area contributed by atoms with Gasteiger partial charge in [-0.05, 0) is 17.5 Å². The molecule has 0 aliphatic heterocycles. The molecule has 9 heteroatoms. The fourth-order valence-electron chi connectivity index (χ4n) is 2.60. The maximum absolute atomic E-state index is 12.0. The number of Topliss-reactive ketones (excluding diaryl/α,β-unsaturated/α-hetero) is 1. The third-order valence-corrected chi connectivity index (χ3v) is 3.97. The molecule has 0 aliphatic rings. The van der Waals surface area contributed by atoms with Crippen molar-refractivity contribution in [1.82, 2.24) is 20.0 Å². The number of carbonyl (C=O) groups excluding carboxylic acids is 1. The number of ketones is 1. The number of hydrogen-bond donors (Lipinski definition) is 2. The Hall–Kier alpha value is -3.80. The molecular weight excluding hydrogens is 358 g/mol. The molecule has 0 saturated heterocycles. The van der Waals surface area contributed by atoms with Crippen LogP contribution in [0, 0.1) is 6.57 Å². The summed E-state index contributed by atoms with van der Waals surface area (Å²) in [5, 5.41) is 29.6. The Morgan fingerprint density at radius 3 is 2.50 bits per heavy atom. The van der Waals surface area contributed by atoms with Gasteiger partial charge in [0.05, 0.1) is 18.0 Å². The highest BCUT2D eigenvalue weighted by Gasteiger charge is 2.25. The molecule has 3 aromatic rings. The second-order valence-corrected chi connectivity index (χ2v) is 7.16. The van der Waals surface area contributed by atoms with Gasteiger partial charge in [-0.25, -0.2) is 4.85 Å². The molecule has 0 fully saturated rings. The first-order chi connectivity index (χ1) is 13.2. The lowest BCUT2D eigenvalue weighted by molar-refractivity contribution is 0.101. The predicted molar refractivity (Wildman–Crippen MR) is 103 cm³/mol. The van der Waals surface area contributed by atoms with E-state index in [1.165, 1.54) is 11.6 Å². The van der Waals surface area contributed by atoms with Gasteiger partial charge in [0.15, 0.2) is 23.0 Å². The molecule has 0 bridgehead atoms. The van der Waals surface area contributed by atoms with Crippen molar-refractivity contribution in [3.63, 3.8) is 0 Å². The lowest BCUT2D eigenvalue weighted by atomic mass is 9.91. The van der Waals surface area contributed by atoms with Crippen LogP contribution < -0.4 is 0 Å². The van der Waals surface area contributed by atoms with Gasteiger partial charge in [-0.3, -0.25) is 9.89 Å². The van der Waals surface area contributed by atoms with E-state index in [4.69, 9.17) is 6.57 Å². The number of nitrogens with one attached hydrogen (secondary N) is 1. The number of aromatic amines is 1. The highest BCUT2D eigenvalue weighted by Crippen LogP contribution is 2.39. The van der Waals surface area contributed by atoms with E-state index in [2.05, 4.69) is 30.4 Å². The number of rotatable bonds is 4. The molecule has 0 saturated carbocycles. The van der Waals surface area contributed by atoms with Gasteiger partial charge < -0.3 is 5.11 Å². The summed E-state index contributed by atoms with van der Waals surface area (Å²) in [7, 11) is 0. The number of aromatic hydroxyl groups is 1. The van der Waals surface area contributed by atoms with Crippen molar-refractivity contribution in [2.75, 3.05) is 0 Å². The van der Waals surface area contributed by atoms with Crippen LogP contribution in [0.2, 0.25) is 0 Å². The highest BCUT2D eigenvalue weighted by atomic mass is 16.3. The summed E-state index contributed by atoms with van der Waals surface area (Å²) in [6, 6.07) is 8.86. The van der Waals surface area contributed by atoms with Gasteiger partial charge in [-0.2, -0.15) is 14.9 Å². The molecule has 2 N–H and O–H groups in total. The zero-order chi connectivity index (χ0) is 20.5. The standard InChI is InChI=1S/C19H19N7O2/c1-11(27)13-14(18(28)26(25-13)12-9-7-6-8-10-12)21-23-17-15(20-5)16(22-24-17)19(2,3)4/h6-10,28H,1-4H3,(H,22,24)/b23-21+. The van der Waals surface area contributed by atoms with E-state index in [-0.39, 0.29) is 40.0 Å². The Morgan fingerprint density at radius 2 is 1.93 bits per heavy atom. The minimum absolute atomic E-state index is 0.0231. The number of benzene rings is 1. The van der Waals surface area contributed by atoms with Crippen LogP contribution in [-0.4, -0.2) is 30.9 Å². The number of nitrogens with zero attached hydrogens (tertiary/aromatic N) is 6. The lowest BCUT2D eigenvalue weighted by Gasteiger charge is -2.15. The Bertz CT molecular complexity index is 1100. The first kappa shape index (κ1) is 19.0. The maximum Gasteiger partial charge on any atom is 0.255 e. The summed E-state index contributed by atoms with van der Waals surface area (Å²) < 4.78 is 1.22. The monoisotopic (exact) mass is 377 g/mol. The molecule has 9 nitrogen and oxygen atoms in total. The molecule has 0 atom stereocenters. The number of aromatic nitrogens is 4. The van der Waals surface area contributed by atoms with Gasteiger partial charge >= 0.3 is 0 Å². The van der Waals surface area contributed by atoms with E-state index < -0.39 is 0 Å². The predicted octanol–water partition coefficient (Wildman–Crippen LogP) is 4.77. The largest absolute Gasteiger partial charge is 0.492 e. The van der Waals surface area contributed by atoms with Crippen LogP contribution >= 0.6 is 0 Å². The molecule has 1 aromatic carbocycles. The number of hydrogen-bond acceptors (Lipinski definition) is 6. The third kappa shape index (κ3) is 3.40. The smallest absolute Gasteiger partial charge is 0.255 e. The van der Waals surface area contributed by atoms with Crippen LogP contribution in [0.15, 0.2) is 40.6 Å². The summed E-state index contributed by atoms with van der Waals surface area (Å²) in [4.78, 5) is 15.5. The van der Waals surface area contributed by atoms with Crippen molar-refractivity contribution in [3.05, 3.63) is 53.1 Å².